The van der Waals surface area contributed by atoms with Crippen LogP contribution in [0.1, 0.15) is 16.7 Å². The Morgan fingerprint density at radius 3 is 2.46 bits per heavy atom. The molecule has 0 saturated carbocycles. The number of aryl methyl sites for hydroxylation is 2. The van der Waals surface area contributed by atoms with Gasteiger partial charge in [0, 0.05) is 6.54 Å². The lowest BCUT2D eigenvalue weighted by Crippen LogP contribution is -2.50. The van der Waals surface area contributed by atoms with Crippen molar-refractivity contribution in [2.45, 2.75) is 31.4 Å². The normalized spacial score (nSPS) is 15.4. The summed E-state index contributed by atoms with van der Waals surface area (Å²) >= 11 is 0. The molecule has 6 nitrogen and oxygen atoms in total. The van der Waals surface area contributed by atoms with Gasteiger partial charge in [-0.15, -0.1) is 0 Å². The summed E-state index contributed by atoms with van der Waals surface area (Å²) in [6, 6.07) is 26.0. The molecule has 0 spiro atoms. The SMILES string of the molecule is Cc1ccc(S(=O)(=O)N2C[C@@H](C(=O)NCc3cccc4ccccc34)Oc3ccc(C)cc32)cc1. The van der Waals surface area contributed by atoms with Gasteiger partial charge in [0.05, 0.1) is 17.1 Å². The van der Waals surface area contributed by atoms with Gasteiger partial charge in [0.2, 0.25) is 0 Å². The lowest BCUT2D eigenvalue weighted by Gasteiger charge is -2.35. The second-order valence-corrected chi connectivity index (χ2v) is 10.6. The molecule has 4 aromatic rings. The Bertz CT molecular complexity index is 1510. The molecule has 0 bridgehead atoms. The number of anilines is 1. The van der Waals surface area contributed by atoms with Crippen LogP contribution >= 0.6 is 0 Å². The molecule has 1 atom stereocenters. The van der Waals surface area contributed by atoms with Gasteiger partial charge in [0.15, 0.2) is 6.10 Å². The molecule has 5 rings (SSSR count). The fourth-order valence-electron chi connectivity index (χ4n) is 4.31. The van der Waals surface area contributed by atoms with Crippen LogP contribution in [0.5, 0.6) is 5.75 Å². The number of carbonyl (C=O) groups is 1. The highest BCUT2D eigenvalue weighted by molar-refractivity contribution is 7.92. The second kappa shape index (κ2) is 9.07. The smallest absolute Gasteiger partial charge is 0.264 e. The Hall–Kier alpha value is -3.84. The predicted octanol–water partition coefficient (Wildman–Crippen LogP) is 4.73. The molecule has 0 aromatic heterocycles. The maximum atomic E-state index is 13.6. The van der Waals surface area contributed by atoms with E-state index in [1.807, 2.05) is 62.4 Å². The Morgan fingerprint density at radius 1 is 0.943 bits per heavy atom. The Balaban J connectivity index is 1.43. The largest absolute Gasteiger partial charge is 0.476 e. The van der Waals surface area contributed by atoms with Crippen LogP contribution in [0.15, 0.2) is 89.8 Å². The number of nitrogens with one attached hydrogen (secondary N) is 1. The quantitative estimate of drug-likeness (QED) is 0.443. The van der Waals surface area contributed by atoms with Gasteiger partial charge < -0.3 is 10.1 Å². The molecule has 35 heavy (non-hydrogen) atoms. The number of carbonyl (C=O) groups excluding carboxylic acids is 1. The van der Waals surface area contributed by atoms with E-state index in [2.05, 4.69) is 5.32 Å². The monoisotopic (exact) mass is 486 g/mol. The maximum Gasteiger partial charge on any atom is 0.264 e. The summed E-state index contributed by atoms with van der Waals surface area (Å²) in [4.78, 5) is 13.4. The first-order valence-corrected chi connectivity index (χ1v) is 12.9. The van der Waals surface area contributed by atoms with Crippen molar-refractivity contribution in [2.24, 2.45) is 0 Å². The number of nitrogens with zero attached hydrogens (tertiary/aromatic N) is 1. The molecule has 4 aromatic carbocycles. The van der Waals surface area contributed by atoms with E-state index in [-0.39, 0.29) is 17.3 Å². The van der Waals surface area contributed by atoms with Crippen LogP contribution in [0.4, 0.5) is 5.69 Å². The lowest BCUT2D eigenvalue weighted by molar-refractivity contribution is -0.127. The van der Waals surface area contributed by atoms with Crippen molar-refractivity contribution in [3.63, 3.8) is 0 Å². The number of sulfonamides is 1. The number of fused-ring (bicyclic) bond motifs is 2. The summed E-state index contributed by atoms with van der Waals surface area (Å²) in [6.45, 7) is 3.99. The van der Waals surface area contributed by atoms with Crippen LogP contribution < -0.4 is 14.4 Å². The van der Waals surface area contributed by atoms with Crippen molar-refractivity contribution in [1.29, 1.82) is 0 Å². The Kier molecular flexibility index (Phi) is 5.94. The van der Waals surface area contributed by atoms with E-state index >= 15 is 0 Å². The first-order chi connectivity index (χ1) is 16.8. The van der Waals surface area contributed by atoms with Crippen molar-refractivity contribution in [2.75, 3.05) is 10.8 Å². The van der Waals surface area contributed by atoms with Crippen molar-refractivity contribution >= 4 is 32.4 Å². The van der Waals surface area contributed by atoms with Crippen molar-refractivity contribution in [3.05, 3.63) is 102 Å². The van der Waals surface area contributed by atoms with Crippen LogP contribution in [0.25, 0.3) is 10.8 Å². The van der Waals surface area contributed by atoms with Crippen LogP contribution in [-0.4, -0.2) is 27.0 Å². The molecule has 0 aliphatic carbocycles. The molecule has 1 amide bonds. The van der Waals surface area contributed by atoms with Crippen molar-refractivity contribution in [3.8, 4) is 5.75 Å². The Morgan fingerprint density at radius 2 is 1.66 bits per heavy atom. The van der Waals surface area contributed by atoms with Gasteiger partial charge in [-0.2, -0.15) is 0 Å². The zero-order valence-electron chi connectivity index (χ0n) is 19.6. The molecule has 178 valence electrons. The van der Waals surface area contributed by atoms with Gasteiger partial charge in [0.25, 0.3) is 15.9 Å². The highest BCUT2D eigenvalue weighted by atomic mass is 32.2. The third-order valence-electron chi connectivity index (χ3n) is 6.22. The third-order valence-corrected chi connectivity index (χ3v) is 8.01. The molecular weight excluding hydrogens is 460 g/mol. The van der Waals surface area contributed by atoms with E-state index in [0.29, 0.717) is 18.0 Å². The number of hydrogen-bond acceptors (Lipinski definition) is 4. The van der Waals surface area contributed by atoms with Gasteiger partial charge in [-0.25, -0.2) is 8.42 Å². The summed E-state index contributed by atoms with van der Waals surface area (Å²) in [5, 5.41) is 5.09. The maximum absolute atomic E-state index is 13.6. The second-order valence-electron chi connectivity index (χ2n) is 8.78. The van der Waals surface area contributed by atoms with Crippen LogP contribution in [0.3, 0.4) is 0 Å². The number of hydrogen-bond donors (Lipinski definition) is 1. The van der Waals surface area contributed by atoms with Crippen molar-refractivity contribution in [1.82, 2.24) is 5.32 Å². The predicted molar refractivity (Wildman–Crippen MR) is 137 cm³/mol. The molecule has 0 saturated heterocycles. The molecule has 0 fully saturated rings. The first kappa shape index (κ1) is 22.9. The van der Waals surface area contributed by atoms with Crippen LogP contribution in [0, 0.1) is 13.8 Å². The average molecular weight is 487 g/mol. The summed E-state index contributed by atoms with van der Waals surface area (Å²) in [5.41, 5.74) is 3.28. The standard InChI is InChI=1S/C28H26N2O4S/c1-19-10-13-23(14-11-19)35(32,33)30-18-27(34-26-15-12-20(2)16-25(26)30)28(31)29-17-22-8-5-7-21-6-3-4-9-24(21)22/h3-16,27H,17-18H2,1-2H3,(H,29,31)/t27-/m0/s1. The molecule has 1 heterocycles. The number of ether oxygens (including phenoxy) is 1. The van der Waals surface area contributed by atoms with E-state index in [1.165, 1.54) is 4.31 Å². The van der Waals surface area contributed by atoms with Gasteiger partial charge >= 0.3 is 0 Å². The highest BCUT2D eigenvalue weighted by Crippen LogP contribution is 2.37. The number of amides is 1. The van der Waals surface area contributed by atoms with E-state index in [4.69, 9.17) is 4.74 Å². The van der Waals surface area contributed by atoms with E-state index in [9.17, 15) is 13.2 Å². The minimum atomic E-state index is -3.90. The minimum absolute atomic E-state index is 0.117. The fraction of sp³-hybridized carbons (Fsp3) is 0.179. The fourth-order valence-corrected chi connectivity index (χ4v) is 5.77. The van der Waals surface area contributed by atoms with E-state index in [0.717, 1.165) is 27.5 Å². The molecule has 0 radical (unpaired) electrons. The van der Waals surface area contributed by atoms with E-state index in [1.54, 1.807) is 36.4 Å². The van der Waals surface area contributed by atoms with Gasteiger partial charge in [-0.05, 0) is 60.0 Å². The molecule has 1 aliphatic heterocycles. The summed E-state index contributed by atoms with van der Waals surface area (Å²) in [6.07, 6.45) is -0.986. The highest BCUT2D eigenvalue weighted by Gasteiger charge is 2.37. The Labute approximate surface area is 205 Å². The molecule has 1 N–H and O–H groups in total. The zero-order valence-corrected chi connectivity index (χ0v) is 20.4. The summed E-state index contributed by atoms with van der Waals surface area (Å²) in [7, 11) is -3.90. The third kappa shape index (κ3) is 4.47. The zero-order chi connectivity index (χ0) is 24.6. The first-order valence-electron chi connectivity index (χ1n) is 11.4. The molecule has 7 heteroatoms. The van der Waals surface area contributed by atoms with Crippen molar-refractivity contribution < 1.29 is 17.9 Å². The average Bonchev–Trinajstić information content (AvgIpc) is 2.86. The van der Waals surface area contributed by atoms with Crippen LogP contribution in [-0.2, 0) is 21.4 Å². The van der Waals surface area contributed by atoms with E-state index < -0.39 is 16.1 Å². The summed E-state index contributed by atoms with van der Waals surface area (Å²) < 4.78 is 34.5. The minimum Gasteiger partial charge on any atom is -0.476 e. The molecule has 1 aliphatic rings. The van der Waals surface area contributed by atoms with Gasteiger partial charge in [0.1, 0.15) is 5.75 Å². The molecule has 0 unspecified atom stereocenters. The lowest BCUT2D eigenvalue weighted by atomic mass is 10.0. The number of benzene rings is 4. The van der Waals surface area contributed by atoms with Crippen LogP contribution in [0.2, 0.25) is 0 Å². The summed E-state index contributed by atoms with van der Waals surface area (Å²) in [5.74, 6) is -0.00360. The van der Waals surface area contributed by atoms with Gasteiger partial charge in [-0.1, -0.05) is 66.2 Å². The molecular formula is C28H26N2O4S. The topological polar surface area (TPSA) is 75.7 Å². The number of rotatable bonds is 5. The van der Waals surface area contributed by atoms with Gasteiger partial charge in [-0.3, -0.25) is 9.10 Å².